The van der Waals surface area contributed by atoms with Crippen LogP contribution in [0.5, 0.6) is 5.88 Å². The highest BCUT2D eigenvalue weighted by molar-refractivity contribution is 7.92. The van der Waals surface area contributed by atoms with E-state index in [1.165, 1.54) is 0 Å². The molecule has 1 aromatic carbocycles. The fourth-order valence-corrected chi connectivity index (χ4v) is 5.52. The number of rotatable bonds is 4. The lowest BCUT2D eigenvalue weighted by atomic mass is 9.92. The molecule has 0 spiro atoms. The number of nitrogens with zero attached hydrogens (tertiary/aromatic N) is 4. The molecule has 0 aliphatic carbocycles. The van der Waals surface area contributed by atoms with Gasteiger partial charge in [0.1, 0.15) is 0 Å². The van der Waals surface area contributed by atoms with Crippen molar-refractivity contribution in [2.75, 3.05) is 41.7 Å². The van der Waals surface area contributed by atoms with Crippen molar-refractivity contribution in [1.82, 2.24) is 15.2 Å². The first kappa shape index (κ1) is 23.6. The van der Waals surface area contributed by atoms with E-state index >= 15 is 0 Å². The average Bonchev–Trinajstić information content (AvgIpc) is 3.34. The number of pyridine rings is 1. The van der Waals surface area contributed by atoms with Gasteiger partial charge < -0.3 is 19.2 Å². The second-order valence-corrected chi connectivity index (χ2v) is 10.8. The summed E-state index contributed by atoms with van der Waals surface area (Å²) in [5, 5.41) is 17.6. The van der Waals surface area contributed by atoms with Crippen molar-refractivity contribution >= 4 is 21.4 Å². The Morgan fingerprint density at radius 2 is 1.94 bits per heavy atom. The van der Waals surface area contributed by atoms with Crippen LogP contribution in [0.2, 0.25) is 0 Å². The Morgan fingerprint density at radius 1 is 1.09 bits per heavy atom. The zero-order valence-electron chi connectivity index (χ0n) is 19.4. The van der Waals surface area contributed by atoms with Crippen LogP contribution in [0.15, 0.2) is 40.9 Å². The van der Waals surface area contributed by atoms with Crippen LogP contribution in [0.1, 0.15) is 32.1 Å². The van der Waals surface area contributed by atoms with Crippen molar-refractivity contribution in [3.05, 3.63) is 36.5 Å². The van der Waals surface area contributed by atoms with Gasteiger partial charge >= 0.3 is 0 Å². The summed E-state index contributed by atoms with van der Waals surface area (Å²) in [6.45, 7) is 1.87. The van der Waals surface area contributed by atoms with Crippen molar-refractivity contribution < 1.29 is 22.7 Å². The smallest absolute Gasteiger partial charge is 0.250 e. The van der Waals surface area contributed by atoms with E-state index in [-0.39, 0.29) is 5.75 Å². The van der Waals surface area contributed by atoms with E-state index in [1.807, 2.05) is 6.07 Å². The molecule has 3 aromatic rings. The first-order valence-corrected chi connectivity index (χ1v) is 13.6. The summed E-state index contributed by atoms with van der Waals surface area (Å²) in [7, 11) is -3.65. The van der Waals surface area contributed by atoms with Crippen LogP contribution in [0.3, 0.4) is 0 Å². The predicted molar refractivity (Wildman–Crippen MR) is 132 cm³/mol. The van der Waals surface area contributed by atoms with E-state index in [4.69, 9.17) is 14.3 Å². The van der Waals surface area contributed by atoms with Gasteiger partial charge in [0.2, 0.25) is 27.7 Å². The van der Waals surface area contributed by atoms with Crippen LogP contribution in [0.4, 0.5) is 11.4 Å². The van der Waals surface area contributed by atoms with Gasteiger partial charge in [0.25, 0.3) is 0 Å². The molecule has 1 saturated heterocycles. The van der Waals surface area contributed by atoms with Crippen LogP contribution < -0.4 is 14.4 Å². The highest BCUT2D eigenvalue weighted by atomic mass is 32.2. The van der Waals surface area contributed by atoms with Gasteiger partial charge in [0.05, 0.1) is 35.9 Å². The molecule has 6 bridgehead atoms. The van der Waals surface area contributed by atoms with Crippen molar-refractivity contribution in [2.24, 2.45) is 5.92 Å². The number of hydrogen-bond donors (Lipinski definition) is 2. The average molecular weight is 500 g/mol. The Hall–Kier alpha value is -3.18. The summed E-state index contributed by atoms with van der Waals surface area (Å²) in [6, 6.07) is 8.88. The first-order chi connectivity index (χ1) is 17.0. The van der Waals surface area contributed by atoms with Gasteiger partial charge in [-0.1, -0.05) is 0 Å². The molecule has 10 nitrogen and oxygen atoms in total. The molecule has 35 heavy (non-hydrogen) atoms. The zero-order valence-corrected chi connectivity index (χ0v) is 20.2. The number of aromatic nitrogens is 3. The Labute approximate surface area is 204 Å². The summed E-state index contributed by atoms with van der Waals surface area (Å²) >= 11 is 0. The summed E-state index contributed by atoms with van der Waals surface area (Å²) in [5.41, 5.74) is 2.74. The van der Waals surface area contributed by atoms with E-state index in [9.17, 15) is 8.42 Å². The van der Waals surface area contributed by atoms with Crippen LogP contribution >= 0.6 is 0 Å². The fourth-order valence-electron chi connectivity index (χ4n) is 4.69. The van der Waals surface area contributed by atoms with E-state index in [2.05, 4.69) is 24.8 Å². The first-order valence-electron chi connectivity index (χ1n) is 11.9. The number of ether oxygens (including phenoxy) is 1. The van der Waals surface area contributed by atoms with Gasteiger partial charge in [-0.3, -0.25) is 4.72 Å². The third kappa shape index (κ3) is 5.57. The molecule has 0 amide bonds. The summed E-state index contributed by atoms with van der Waals surface area (Å²) < 4.78 is 39.0. The molecule has 5 rings (SSSR count). The maximum absolute atomic E-state index is 12.3. The van der Waals surface area contributed by atoms with Crippen molar-refractivity contribution in [3.8, 4) is 28.8 Å². The van der Waals surface area contributed by atoms with Gasteiger partial charge in [0.15, 0.2) is 0 Å². The highest BCUT2D eigenvalue weighted by Gasteiger charge is 2.25. The molecule has 2 aliphatic rings. The quantitative estimate of drug-likeness (QED) is 0.555. The molecule has 11 heteroatoms. The number of hydrogen-bond acceptors (Lipinski definition) is 9. The second kappa shape index (κ2) is 10.2. The van der Waals surface area contributed by atoms with Gasteiger partial charge in [0, 0.05) is 30.9 Å². The number of piperidine rings is 1. The molecule has 1 unspecified atom stereocenters. The molecule has 1 fully saturated rings. The van der Waals surface area contributed by atoms with Gasteiger partial charge in [-0.25, -0.2) is 13.4 Å². The standard InChI is InChI=1S/C24H29N5O5S/c30-11-13-35(31,32)28-19-6-7-20-21(15-19)29-10-3-5-17(16-29)4-1-2-12-33-22-14-18(8-9-25-22)23-26-27-24(20)34-23/h6-9,14-15,17,28,30H,1-5,10-13,16H2. The Kier molecular flexibility index (Phi) is 6.87. The lowest BCUT2D eigenvalue weighted by Crippen LogP contribution is -2.35. The molecule has 2 aromatic heterocycles. The van der Waals surface area contributed by atoms with Crippen LogP contribution in [0, 0.1) is 5.92 Å². The van der Waals surface area contributed by atoms with Gasteiger partial charge in [-0.05, 0) is 62.3 Å². The topological polar surface area (TPSA) is 131 Å². The maximum atomic E-state index is 12.3. The third-order valence-electron chi connectivity index (χ3n) is 6.38. The second-order valence-electron chi connectivity index (χ2n) is 8.97. The number of aliphatic hydroxyl groups excluding tert-OH is 1. The molecule has 0 radical (unpaired) electrons. The molecule has 4 heterocycles. The maximum Gasteiger partial charge on any atom is 0.250 e. The Balaban J connectivity index is 1.56. The van der Waals surface area contributed by atoms with Crippen LogP contribution in [0.25, 0.3) is 22.9 Å². The number of nitrogens with one attached hydrogen (secondary N) is 1. The minimum absolute atomic E-state index is 0.355. The molecule has 2 N–H and O–H groups in total. The predicted octanol–water partition coefficient (Wildman–Crippen LogP) is 3.31. The number of aliphatic hydroxyl groups is 1. The van der Waals surface area contributed by atoms with Crippen molar-refractivity contribution in [1.29, 1.82) is 0 Å². The minimum Gasteiger partial charge on any atom is -0.478 e. The van der Waals surface area contributed by atoms with E-state index in [0.29, 0.717) is 41.4 Å². The Morgan fingerprint density at radius 3 is 2.83 bits per heavy atom. The lowest BCUT2D eigenvalue weighted by Gasteiger charge is -2.35. The number of anilines is 2. The molecule has 2 aliphatic heterocycles. The van der Waals surface area contributed by atoms with Gasteiger partial charge in [-0.15, -0.1) is 10.2 Å². The van der Waals surface area contributed by atoms with Crippen LogP contribution in [-0.4, -0.2) is 60.8 Å². The molecule has 1 atom stereocenters. The monoisotopic (exact) mass is 499 g/mol. The van der Waals surface area contributed by atoms with E-state index in [0.717, 1.165) is 56.4 Å². The van der Waals surface area contributed by atoms with E-state index in [1.54, 1.807) is 30.5 Å². The fraction of sp³-hybridized carbons (Fsp3) is 0.458. The highest BCUT2D eigenvalue weighted by Crippen LogP contribution is 2.37. The van der Waals surface area contributed by atoms with Crippen LogP contribution in [-0.2, 0) is 10.0 Å². The zero-order chi connectivity index (χ0) is 24.3. The summed E-state index contributed by atoms with van der Waals surface area (Å²) in [6.07, 6.45) is 6.96. The third-order valence-corrected chi connectivity index (χ3v) is 7.65. The van der Waals surface area contributed by atoms with Gasteiger partial charge in [-0.2, -0.15) is 0 Å². The molecular formula is C24H29N5O5S. The lowest BCUT2D eigenvalue weighted by molar-refractivity contribution is 0.284. The number of benzene rings is 1. The normalized spacial score (nSPS) is 18.4. The molecule has 186 valence electrons. The van der Waals surface area contributed by atoms with E-state index < -0.39 is 16.6 Å². The Bertz CT molecular complexity index is 1280. The summed E-state index contributed by atoms with van der Waals surface area (Å²) in [5.74, 6) is 1.40. The number of fused-ring (bicyclic) bond motifs is 10. The number of sulfonamides is 1. The minimum atomic E-state index is -3.65. The summed E-state index contributed by atoms with van der Waals surface area (Å²) in [4.78, 5) is 6.57. The van der Waals surface area contributed by atoms with Crippen molar-refractivity contribution in [2.45, 2.75) is 32.1 Å². The van der Waals surface area contributed by atoms with Crippen molar-refractivity contribution in [3.63, 3.8) is 0 Å². The molecule has 0 saturated carbocycles. The molecular weight excluding hydrogens is 470 g/mol. The largest absolute Gasteiger partial charge is 0.478 e. The SMILES string of the molecule is O=S(=O)(CCO)Nc1ccc2c(c1)N1CCCC(CCCCOc3cc(ccn3)-c3nnc-2o3)C1.